The molecule has 2 N–H and O–H groups in total. The summed E-state index contributed by atoms with van der Waals surface area (Å²) in [6.45, 7) is 5.44. The number of aromatic nitrogens is 2. The van der Waals surface area contributed by atoms with Crippen molar-refractivity contribution in [3.05, 3.63) is 64.8 Å². The maximum atomic E-state index is 13.0. The quantitative estimate of drug-likeness (QED) is 0.519. The van der Waals surface area contributed by atoms with Crippen molar-refractivity contribution in [2.75, 3.05) is 32.6 Å². The molecule has 1 aromatic carbocycles. The number of amides is 1. The van der Waals surface area contributed by atoms with Gasteiger partial charge in [-0.15, -0.1) is 11.3 Å². The van der Waals surface area contributed by atoms with Gasteiger partial charge in [-0.05, 0) is 45.5 Å². The summed E-state index contributed by atoms with van der Waals surface area (Å²) in [6, 6.07) is 9.60. The third-order valence-electron chi connectivity index (χ3n) is 6.01. The number of aliphatic hydroxyl groups is 1. The smallest absolute Gasteiger partial charge is 0.247 e. The Hall–Kier alpha value is -2.81. The van der Waals surface area contributed by atoms with E-state index in [1.807, 2.05) is 60.3 Å². The lowest BCUT2D eigenvalue weighted by molar-refractivity contribution is -0.132. The molecule has 0 fully saturated rings. The van der Waals surface area contributed by atoms with Crippen molar-refractivity contribution in [1.82, 2.24) is 19.8 Å². The second-order valence-electron chi connectivity index (χ2n) is 9.27. The Morgan fingerprint density at radius 1 is 1.30 bits per heavy atom. The second kappa shape index (κ2) is 9.59. The van der Waals surface area contributed by atoms with E-state index in [4.69, 9.17) is 0 Å². The largest absolute Gasteiger partial charge is 0.394 e. The molecular weight excluding hydrogens is 434 g/mol. The van der Waals surface area contributed by atoms with Crippen molar-refractivity contribution in [3.8, 4) is 0 Å². The highest BCUT2D eigenvalue weighted by Gasteiger charge is 2.38. The van der Waals surface area contributed by atoms with Crippen LogP contribution in [0.25, 0.3) is 10.2 Å². The lowest BCUT2D eigenvalue weighted by atomic mass is 9.87. The van der Waals surface area contributed by atoms with Crippen molar-refractivity contribution >= 4 is 33.3 Å². The van der Waals surface area contributed by atoms with Gasteiger partial charge < -0.3 is 20.2 Å². The minimum absolute atomic E-state index is 0.0267. The maximum Gasteiger partial charge on any atom is 0.247 e. The van der Waals surface area contributed by atoms with E-state index in [0.717, 1.165) is 33.0 Å². The highest BCUT2D eigenvalue weighted by atomic mass is 32.1. The summed E-state index contributed by atoms with van der Waals surface area (Å²) in [6.07, 6.45) is 5.86. The van der Waals surface area contributed by atoms with Crippen LogP contribution in [0.15, 0.2) is 48.8 Å². The van der Waals surface area contributed by atoms with Gasteiger partial charge in [0.15, 0.2) is 0 Å². The van der Waals surface area contributed by atoms with Crippen LogP contribution >= 0.6 is 11.3 Å². The first-order valence-corrected chi connectivity index (χ1v) is 11.9. The van der Waals surface area contributed by atoms with Gasteiger partial charge in [-0.1, -0.05) is 36.4 Å². The number of likely N-dealkylation sites (N-methyl/N-ethyl adjacent to an activating group) is 1. The molecule has 1 aliphatic heterocycles. The van der Waals surface area contributed by atoms with Gasteiger partial charge in [0.1, 0.15) is 17.0 Å². The molecule has 2 aromatic heterocycles. The lowest BCUT2D eigenvalue weighted by Crippen LogP contribution is -2.50. The van der Waals surface area contributed by atoms with E-state index >= 15 is 0 Å². The summed E-state index contributed by atoms with van der Waals surface area (Å²) in [5, 5.41) is 14.5. The first-order valence-electron chi connectivity index (χ1n) is 11.1. The first kappa shape index (κ1) is 23.4. The fourth-order valence-electron chi connectivity index (χ4n) is 4.26. The second-order valence-corrected chi connectivity index (χ2v) is 10.4. The van der Waals surface area contributed by atoms with E-state index < -0.39 is 0 Å². The molecule has 0 saturated heterocycles. The Kier molecular flexibility index (Phi) is 6.78. The van der Waals surface area contributed by atoms with Crippen molar-refractivity contribution in [3.63, 3.8) is 0 Å². The molecule has 174 valence electrons. The normalized spacial score (nSPS) is 16.4. The van der Waals surface area contributed by atoms with Crippen LogP contribution in [0.3, 0.4) is 0 Å². The number of rotatable bonds is 7. The van der Waals surface area contributed by atoms with E-state index in [9.17, 15) is 9.90 Å². The average Bonchev–Trinajstić information content (AvgIpc) is 3.14. The van der Waals surface area contributed by atoms with Crippen LogP contribution in [0.2, 0.25) is 0 Å². The Bertz CT molecular complexity index is 1160. The Morgan fingerprint density at radius 2 is 2.06 bits per heavy atom. The number of fused-ring (bicyclic) bond motifs is 3. The van der Waals surface area contributed by atoms with Crippen LogP contribution in [0.4, 0.5) is 5.82 Å². The molecule has 3 aromatic rings. The molecule has 1 aliphatic rings. The van der Waals surface area contributed by atoms with Crippen LogP contribution in [0, 0.1) is 0 Å². The number of nitrogens with one attached hydrogen (secondary N) is 1. The molecule has 0 aliphatic carbocycles. The molecule has 8 heteroatoms. The summed E-state index contributed by atoms with van der Waals surface area (Å²) < 4.78 is 0. The predicted octanol–water partition coefficient (Wildman–Crippen LogP) is 3.62. The van der Waals surface area contributed by atoms with E-state index in [2.05, 4.69) is 29.1 Å². The van der Waals surface area contributed by atoms with Crippen molar-refractivity contribution in [2.24, 2.45) is 0 Å². The minimum Gasteiger partial charge on any atom is -0.394 e. The van der Waals surface area contributed by atoms with Crippen LogP contribution < -0.4 is 5.32 Å². The predicted molar refractivity (Wildman–Crippen MR) is 133 cm³/mol. The molecule has 3 heterocycles. The number of thiophene rings is 1. The summed E-state index contributed by atoms with van der Waals surface area (Å²) in [7, 11) is 3.96. The topological polar surface area (TPSA) is 81.6 Å². The van der Waals surface area contributed by atoms with Gasteiger partial charge in [-0.2, -0.15) is 0 Å². The molecule has 0 bridgehead atoms. The molecule has 1 atom stereocenters. The number of nitrogens with zero attached hydrogens (tertiary/aromatic N) is 4. The van der Waals surface area contributed by atoms with Gasteiger partial charge in [0.2, 0.25) is 5.91 Å². The van der Waals surface area contributed by atoms with Gasteiger partial charge in [0.05, 0.1) is 24.6 Å². The number of hydrogen-bond donors (Lipinski definition) is 2. The zero-order valence-electron chi connectivity index (χ0n) is 19.6. The standard InChI is InChI=1S/C25H31N5O2S/c1-25(2)13-18-20(14-30(25)21(32)11-8-12-29(3)4)33-24-22(18)23(26-16-27-24)28-19(15-31)17-9-6-5-7-10-17/h5-11,16,19,31H,12-15H2,1-4H3,(H,26,27,28). The highest BCUT2D eigenvalue weighted by Crippen LogP contribution is 2.42. The molecule has 0 saturated carbocycles. The monoisotopic (exact) mass is 465 g/mol. The number of carbonyl (C=O) groups excluding carboxylic acids is 1. The average molecular weight is 466 g/mol. The van der Waals surface area contributed by atoms with E-state index in [1.165, 1.54) is 5.56 Å². The van der Waals surface area contributed by atoms with Crippen molar-refractivity contribution in [2.45, 2.75) is 38.4 Å². The molecule has 33 heavy (non-hydrogen) atoms. The molecular formula is C25H31N5O2S. The number of anilines is 1. The summed E-state index contributed by atoms with van der Waals surface area (Å²) >= 11 is 1.62. The van der Waals surface area contributed by atoms with Gasteiger partial charge in [-0.25, -0.2) is 9.97 Å². The molecule has 4 rings (SSSR count). The lowest BCUT2D eigenvalue weighted by Gasteiger charge is -2.42. The van der Waals surface area contributed by atoms with Gasteiger partial charge >= 0.3 is 0 Å². The number of benzene rings is 1. The minimum atomic E-state index is -0.344. The van der Waals surface area contributed by atoms with Crippen LogP contribution in [-0.4, -0.2) is 63.6 Å². The zero-order chi connectivity index (χ0) is 23.6. The first-order chi connectivity index (χ1) is 15.8. The Balaban J connectivity index is 1.66. The zero-order valence-corrected chi connectivity index (χ0v) is 20.4. The molecule has 7 nitrogen and oxygen atoms in total. The van der Waals surface area contributed by atoms with Crippen molar-refractivity contribution < 1.29 is 9.90 Å². The Labute approximate surface area is 198 Å². The van der Waals surface area contributed by atoms with Gasteiger partial charge in [0.25, 0.3) is 0 Å². The number of aliphatic hydroxyl groups excluding tert-OH is 1. The van der Waals surface area contributed by atoms with Crippen LogP contribution in [0.5, 0.6) is 0 Å². The van der Waals surface area contributed by atoms with Crippen molar-refractivity contribution in [1.29, 1.82) is 0 Å². The highest BCUT2D eigenvalue weighted by molar-refractivity contribution is 7.19. The molecule has 0 radical (unpaired) electrons. The molecule has 0 spiro atoms. The third-order valence-corrected chi connectivity index (χ3v) is 7.13. The third kappa shape index (κ3) is 4.93. The van der Waals surface area contributed by atoms with Crippen LogP contribution in [-0.2, 0) is 17.8 Å². The maximum absolute atomic E-state index is 13.0. The van der Waals surface area contributed by atoms with E-state index in [-0.39, 0.29) is 24.1 Å². The van der Waals surface area contributed by atoms with E-state index in [0.29, 0.717) is 13.0 Å². The summed E-state index contributed by atoms with van der Waals surface area (Å²) in [4.78, 5) is 28.1. The van der Waals surface area contributed by atoms with Gasteiger partial charge in [0, 0.05) is 23.0 Å². The fraction of sp³-hybridized carbons (Fsp3) is 0.400. The van der Waals surface area contributed by atoms with Crippen LogP contribution in [0.1, 0.15) is 35.9 Å². The SMILES string of the molecule is CN(C)CC=CC(=O)N1Cc2sc3ncnc(NC(CO)c4ccccc4)c3c2CC1(C)C. The number of hydrogen-bond acceptors (Lipinski definition) is 7. The number of carbonyl (C=O) groups is 1. The fourth-order valence-corrected chi connectivity index (χ4v) is 5.41. The summed E-state index contributed by atoms with van der Waals surface area (Å²) in [5.74, 6) is 0.751. The molecule has 1 unspecified atom stereocenters. The van der Waals surface area contributed by atoms with E-state index in [1.54, 1.807) is 23.7 Å². The van der Waals surface area contributed by atoms with Gasteiger partial charge in [-0.3, -0.25) is 4.79 Å². The summed E-state index contributed by atoms with van der Waals surface area (Å²) in [5.41, 5.74) is 1.84. The Morgan fingerprint density at radius 3 is 2.76 bits per heavy atom. The molecule has 1 amide bonds.